The third-order valence-electron chi connectivity index (χ3n) is 4.81. The molecule has 1 aromatic heterocycles. The van der Waals surface area contributed by atoms with Crippen LogP contribution in [-0.2, 0) is 19.9 Å². The molecule has 0 spiro atoms. The minimum atomic E-state index is -0.268. The highest BCUT2D eigenvalue weighted by Crippen LogP contribution is 2.18. The molecule has 4 rings (SSSR count). The maximum Gasteiger partial charge on any atom is 0.323 e. The predicted octanol–water partition coefficient (Wildman–Crippen LogP) is 5.77. The summed E-state index contributed by atoms with van der Waals surface area (Å²) in [5.41, 5.74) is 4.87. The van der Waals surface area contributed by atoms with Gasteiger partial charge in [-0.2, -0.15) is 0 Å². The van der Waals surface area contributed by atoms with Crippen LogP contribution in [0.2, 0.25) is 0 Å². The van der Waals surface area contributed by atoms with E-state index in [2.05, 4.69) is 44.2 Å². The second-order valence-electron chi connectivity index (χ2n) is 6.86. The number of rotatable bonds is 5. The first-order chi connectivity index (χ1) is 14.1. The molecule has 0 atom stereocenters. The van der Waals surface area contributed by atoms with Crippen molar-refractivity contribution in [1.82, 2.24) is 9.55 Å². The van der Waals surface area contributed by atoms with Crippen LogP contribution in [0.4, 0.5) is 16.2 Å². The fraction of sp³-hybridized carbons (Fsp3) is 0.130. The lowest BCUT2D eigenvalue weighted by Gasteiger charge is -2.09. The Balaban J connectivity index is 1.35. The SMILES string of the molecule is Cn1c(CCc2ccc(NC(=O)Nc3cccc(Br)c3)cc2)nc2ccccc21. The molecule has 0 bridgehead atoms. The van der Waals surface area contributed by atoms with Gasteiger partial charge >= 0.3 is 6.03 Å². The van der Waals surface area contributed by atoms with Gasteiger partial charge in [0.25, 0.3) is 0 Å². The summed E-state index contributed by atoms with van der Waals surface area (Å²) >= 11 is 3.39. The van der Waals surface area contributed by atoms with Crippen LogP contribution in [0, 0.1) is 0 Å². The Morgan fingerprint density at radius 1 is 0.931 bits per heavy atom. The number of urea groups is 1. The molecule has 146 valence electrons. The molecule has 0 unspecified atom stereocenters. The van der Waals surface area contributed by atoms with E-state index in [1.54, 1.807) is 0 Å². The number of nitrogens with zero attached hydrogens (tertiary/aromatic N) is 2. The Morgan fingerprint density at radius 2 is 1.69 bits per heavy atom. The number of nitrogens with one attached hydrogen (secondary N) is 2. The summed E-state index contributed by atoms with van der Waals surface area (Å²) < 4.78 is 3.07. The lowest BCUT2D eigenvalue weighted by atomic mass is 10.1. The van der Waals surface area contributed by atoms with Crippen molar-refractivity contribution in [2.24, 2.45) is 7.05 Å². The summed E-state index contributed by atoms with van der Waals surface area (Å²) in [6, 6.07) is 23.3. The number of hydrogen-bond donors (Lipinski definition) is 2. The van der Waals surface area contributed by atoms with Gasteiger partial charge in [0.1, 0.15) is 5.82 Å². The molecule has 0 aliphatic carbocycles. The lowest BCUT2D eigenvalue weighted by Crippen LogP contribution is -2.19. The average molecular weight is 449 g/mol. The van der Waals surface area contributed by atoms with Crippen LogP contribution in [-0.4, -0.2) is 15.6 Å². The van der Waals surface area contributed by atoms with Crippen LogP contribution in [0.25, 0.3) is 11.0 Å². The largest absolute Gasteiger partial charge is 0.331 e. The van der Waals surface area contributed by atoms with Crippen molar-refractivity contribution in [2.45, 2.75) is 12.8 Å². The molecule has 5 nitrogen and oxygen atoms in total. The molecule has 0 aliphatic heterocycles. The van der Waals surface area contributed by atoms with Crippen LogP contribution in [0.1, 0.15) is 11.4 Å². The number of anilines is 2. The second-order valence-corrected chi connectivity index (χ2v) is 7.78. The molecule has 0 radical (unpaired) electrons. The predicted molar refractivity (Wildman–Crippen MR) is 121 cm³/mol. The Bertz CT molecular complexity index is 1150. The highest BCUT2D eigenvalue weighted by molar-refractivity contribution is 9.10. The zero-order chi connectivity index (χ0) is 20.2. The van der Waals surface area contributed by atoms with Gasteiger partial charge < -0.3 is 15.2 Å². The van der Waals surface area contributed by atoms with E-state index in [0.29, 0.717) is 0 Å². The van der Waals surface area contributed by atoms with Gasteiger partial charge in [0, 0.05) is 29.3 Å². The first-order valence-corrected chi connectivity index (χ1v) is 10.2. The zero-order valence-electron chi connectivity index (χ0n) is 16.0. The van der Waals surface area contributed by atoms with Gasteiger partial charge in [0.05, 0.1) is 11.0 Å². The second kappa shape index (κ2) is 8.49. The number of fused-ring (bicyclic) bond motifs is 1. The van der Waals surface area contributed by atoms with Gasteiger partial charge in [-0.3, -0.25) is 0 Å². The topological polar surface area (TPSA) is 59.0 Å². The number of aromatic nitrogens is 2. The van der Waals surface area contributed by atoms with Crippen LogP contribution >= 0.6 is 15.9 Å². The fourth-order valence-electron chi connectivity index (χ4n) is 3.29. The van der Waals surface area contributed by atoms with Gasteiger partial charge in [-0.15, -0.1) is 0 Å². The average Bonchev–Trinajstić information content (AvgIpc) is 3.03. The monoisotopic (exact) mass is 448 g/mol. The number of halogens is 1. The van der Waals surface area contributed by atoms with Crippen molar-refractivity contribution in [1.29, 1.82) is 0 Å². The number of para-hydroxylation sites is 2. The highest BCUT2D eigenvalue weighted by Gasteiger charge is 2.08. The number of aryl methyl sites for hydroxylation is 3. The molecular weight excluding hydrogens is 428 g/mol. The van der Waals surface area contributed by atoms with E-state index in [9.17, 15) is 4.79 Å². The number of amides is 2. The van der Waals surface area contributed by atoms with Crippen LogP contribution in [0.15, 0.2) is 77.3 Å². The first kappa shape index (κ1) is 19.2. The molecule has 2 amide bonds. The summed E-state index contributed by atoms with van der Waals surface area (Å²) in [7, 11) is 2.06. The fourth-order valence-corrected chi connectivity index (χ4v) is 3.69. The Labute approximate surface area is 177 Å². The molecule has 3 aromatic carbocycles. The Hall–Kier alpha value is -3.12. The van der Waals surface area contributed by atoms with Crippen LogP contribution in [0.3, 0.4) is 0 Å². The molecule has 6 heteroatoms. The maximum atomic E-state index is 12.2. The van der Waals surface area contributed by atoms with Gasteiger partial charge in [0.15, 0.2) is 0 Å². The molecule has 4 aromatic rings. The Morgan fingerprint density at radius 3 is 2.45 bits per heavy atom. The zero-order valence-corrected chi connectivity index (χ0v) is 17.6. The third kappa shape index (κ3) is 4.66. The van der Waals surface area contributed by atoms with Crippen molar-refractivity contribution in [3.8, 4) is 0 Å². The molecule has 0 saturated heterocycles. The van der Waals surface area contributed by atoms with Gasteiger partial charge in [0.2, 0.25) is 0 Å². The third-order valence-corrected chi connectivity index (χ3v) is 5.30. The van der Waals surface area contributed by atoms with Crippen LogP contribution < -0.4 is 10.6 Å². The van der Waals surface area contributed by atoms with E-state index < -0.39 is 0 Å². The number of imidazole rings is 1. The molecule has 29 heavy (non-hydrogen) atoms. The normalized spacial score (nSPS) is 10.8. The smallest absolute Gasteiger partial charge is 0.323 e. The van der Waals surface area contributed by atoms with Crippen molar-refractivity contribution in [3.63, 3.8) is 0 Å². The first-order valence-electron chi connectivity index (χ1n) is 9.41. The maximum absolute atomic E-state index is 12.2. The highest BCUT2D eigenvalue weighted by atomic mass is 79.9. The Kier molecular flexibility index (Phi) is 5.62. The molecule has 0 saturated carbocycles. The van der Waals surface area contributed by atoms with Crippen LogP contribution in [0.5, 0.6) is 0 Å². The van der Waals surface area contributed by atoms with Crippen molar-refractivity contribution in [3.05, 3.63) is 88.7 Å². The molecule has 0 aliphatic rings. The minimum absolute atomic E-state index is 0.268. The molecule has 1 heterocycles. The van der Waals surface area contributed by atoms with Gasteiger partial charge in [-0.05, 0) is 54.4 Å². The van der Waals surface area contributed by atoms with E-state index in [0.717, 1.165) is 45.5 Å². The van der Waals surface area contributed by atoms with E-state index in [-0.39, 0.29) is 6.03 Å². The quantitative estimate of drug-likeness (QED) is 0.407. The number of carbonyl (C=O) groups excluding carboxylic acids is 1. The summed E-state index contributed by atoms with van der Waals surface area (Å²) in [6.45, 7) is 0. The summed E-state index contributed by atoms with van der Waals surface area (Å²) in [5, 5.41) is 5.68. The molecular formula is C23H21BrN4O. The van der Waals surface area contributed by atoms with Gasteiger partial charge in [-0.1, -0.05) is 46.3 Å². The summed E-state index contributed by atoms with van der Waals surface area (Å²) in [5.74, 6) is 1.07. The van der Waals surface area contributed by atoms with E-state index >= 15 is 0 Å². The molecule has 0 fully saturated rings. The number of hydrogen-bond acceptors (Lipinski definition) is 2. The summed E-state index contributed by atoms with van der Waals surface area (Å²) in [4.78, 5) is 16.9. The number of benzene rings is 3. The van der Waals surface area contributed by atoms with Crippen molar-refractivity contribution >= 4 is 44.4 Å². The summed E-state index contributed by atoms with van der Waals surface area (Å²) in [6.07, 6.45) is 1.75. The van der Waals surface area contributed by atoms with Gasteiger partial charge in [-0.25, -0.2) is 9.78 Å². The molecule has 2 N–H and O–H groups in total. The lowest BCUT2D eigenvalue weighted by molar-refractivity contribution is 0.262. The van der Waals surface area contributed by atoms with E-state index in [1.165, 1.54) is 5.56 Å². The van der Waals surface area contributed by atoms with E-state index in [4.69, 9.17) is 4.98 Å². The standard InChI is InChI=1S/C23H21BrN4O/c1-28-21-8-3-2-7-20(21)27-22(28)14-11-16-9-12-18(13-10-16)25-23(29)26-19-6-4-5-17(24)15-19/h2-10,12-13,15H,11,14H2,1H3,(H2,25,26,29). The number of carbonyl (C=O) groups is 1. The van der Waals surface area contributed by atoms with Crippen molar-refractivity contribution in [2.75, 3.05) is 10.6 Å². The minimum Gasteiger partial charge on any atom is -0.331 e. The van der Waals surface area contributed by atoms with Crippen molar-refractivity contribution < 1.29 is 4.79 Å². The van der Waals surface area contributed by atoms with E-state index in [1.807, 2.05) is 66.7 Å².